The van der Waals surface area contributed by atoms with Crippen LogP contribution < -0.4 is 0 Å². The fourth-order valence-electron chi connectivity index (χ4n) is 2.93. The van der Waals surface area contributed by atoms with Crippen LogP contribution in [-0.4, -0.2) is 51.6 Å². The van der Waals surface area contributed by atoms with Crippen molar-refractivity contribution in [3.8, 4) is 0 Å². The van der Waals surface area contributed by atoms with Gasteiger partial charge in [0.15, 0.2) is 5.78 Å². The summed E-state index contributed by atoms with van der Waals surface area (Å²) in [6, 6.07) is 0. The summed E-state index contributed by atoms with van der Waals surface area (Å²) < 4.78 is 5.94. The SMILES string of the molecule is CC(CCC[C@]1(C)OCC(=CCO)CC[C@H]1O)C(=O)C=CC(C)(C)O. The predicted octanol–water partition coefficient (Wildman–Crippen LogP) is 2.54. The van der Waals surface area contributed by atoms with E-state index in [4.69, 9.17) is 9.84 Å². The molecule has 0 radical (unpaired) electrons. The zero-order valence-corrected chi connectivity index (χ0v) is 16.0. The number of hydrogen-bond acceptors (Lipinski definition) is 5. The molecule has 3 N–H and O–H groups in total. The fraction of sp³-hybridized carbons (Fsp3) is 0.750. The Kier molecular flexibility index (Phi) is 8.48. The highest BCUT2D eigenvalue weighted by Crippen LogP contribution is 2.31. The molecule has 0 aliphatic carbocycles. The lowest BCUT2D eigenvalue weighted by atomic mass is 9.87. The first-order valence-electron chi connectivity index (χ1n) is 9.13. The van der Waals surface area contributed by atoms with Gasteiger partial charge in [-0.1, -0.05) is 19.1 Å². The number of aliphatic hydroxyl groups is 3. The second-order valence-corrected chi connectivity index (χ2v) is 7.88. The van der Waals surface area contributed by atoms with Crippen LogP contribution in [0.1, 0.15) is 59.8 Å². The molecule has 1 rings (SSSR count). The Morgan fingerprint density at radius 1 is 1.48 bits per heavy atom. The Hall–Kier alpha value is -1.01. The minimum Gasteiger partial charge on any atom is -0.392 e. The molecule has 0 amide bonds. The summed E-state index contributed by atoms with van der Waals surface area (Å²) in [4.78, 5) is 12.1. The summed E-state index contributed by atoms with van der Waals surface area (Å²) in [7, 11) is 0. The van der Waals surface area contributed by atoms with Crippen LogP contribution in [0, 0.1) is 5.92 Å². The van der Waals surface area contributed by atoms with E-state index >= 15 is 0 Å². The van der Waals surface area contributed by atoms with E-state index in [1.54, 1.807) is 19.9 Å². The highest BCUT2D eigenvalue weighted by atomic mass is 16.5. The van der Waals surface area contributed by atoms with E-state index < -0.39 is 17.3 Å². The summed E-state index contributed by atoms with van der Waals surface area (Å²) >= 11 is 0. The molecule has 0 saturated carbocycles. The maximum atomic E-state index is 12.1. The quantitative estimate of drug-likeness (QED) is 0.461. The summed E-state index contributed by atoms with van der Waals surface area (Å²) in [5.74, 6) is -0.127. The van der Waals surface area contributed by atoms with Crippen molar-refractivity contribution in [2.75, 3.05) is 13.2 Å². The van der Waals surface area contributed by atoms with Gasteiger partial charge in [-0.25, -0.2) is 0 Å². The number of ketones is 1. The van der Waals surface area contributed by atoms with Crippen molar-refractivity contribution < 1.29 is 24.9 Å². The summed E-state index contributed by atoms with van der Waals surface area (Å²) in [5.41, 5.74) is -0.594. The fourth-order valence-corrected chi connectivity index (χ4v) is 2.93. The molecule has 1 heterocycles. The normalized spacial score (nSPS) is 28.3. The second kappa shape index (κ2) is 9.62. The Labute approximate surface area is 151 Å². The number of rotatable bonds is 8. The minimum atomic E-state index is -0.985. The van der Waals surface area contributed by atoms with Gasteiger partial charge in [0, 0.05) is 5.92 Å². The predicted molar refractivity (Wildman–Crippen MR) is 98.2 cm³/mol. The van der Waals surface area contributed by atoms with E-state index in [0.717, 1.165) is 18.4 Å². The molecule has 0 aromatic rings. The smallest absolute Gasteiger partial charge is 0.158 e. The largest absolute Gasteiger partial charge is 0.392 e. The van der Waals surface area contributed by atoms with Gasteiger partial charge in [0.05, 0.1) is 30.5 Å². The standard InChI is InChI=1S/C20H34O5/c1-15(17(22)9-12-19(2,3)24)6-5-11-20(4)18(23)8-7-16(10-13-21)14-25-20/h9-10,12,15,18,21,23-24H,5-8,11,13-14H2,1-4H3/t15?,18-,20+/m1/s1. The Morgan fingerprint density at radius 3 is 2.76 bits per heavy atom. The van der Waals surface area contributed by atoms with Crippen molar-refractivity contribution in [1.82, 2.24) is 0 Å². The van der Waals surface area contributed by atoms with Crippen LogP contribution in [0.2, 0.25) is 0 Å². The van der Waals surface area contributed by atoms with E-state index in [1.165, 1.54) is 12.2 Å². The molecule has 1 fully saturated rings. The summed E-state index contributed by atoms with van der Waals surface area (Å²) in [6.45, 7) is 7.48. The highest BCUT2D eigenvalue weighted by Gasteiger charge is 2.36. The van der Waals surface area contributed by atoms with Gasteiger partial charge >= 0.3 is 0 Å². The molecule has 1 unspecified atom stereocenters. The van der Waals surface area contributed by atoms with Gasteiger partial charge in [0.2, 0.25) is 0 Å². The van der Waals surface area contributed by atoms with Crippen molar-refractivity contribution in [2.45, 2.75) is 77.1 Å². The second-order valence-electron chi connectivity index (χ2n) is 7.88. The number of hydrogen-bond donors (Lipinski definition) is 3. The molecule has 5 nitrogen and oxygen atoms in total. The molecular weight excluding hydrogens is 320 g/mol. The molecule has 25 heavy (non-hydrogen) atoms. The van der Waals surface area contributed by atoms with Crippen LogP contribution in [0.25, 0.3) is 0 Å². The first kappa shape index (κ1) is 22.0. The van der Waals surface area contributed by atoms with Gasteiger partial charge in [0.25, 0.3) is 0 Å². The molecule has 0 aromatic carbocycles. The number of carbonyl (C=O) groups excluding carboxylic acids is 1. The van der Waals surface area contributed by atoms with Crippen LogP contribution >= 0.6 is 0 Å². The van der Waals surface area contributed by atoms with Crippen LogP contribution in [-0.2, 0) is 9.53 Å². The van der Waals surface area contributed by atoms with Crippen LogP contribution in [0.5, 0.6) is 0 Å². The van der Waals surface area contributed by atoms with E-state index in [1.807, 2.05) is 13.8 Å². The van der Waals surface area contributed by atoms with Crippen molar-refractivity contribution in [2.24, 2.45) is 5.92 Å². The molecule has 5 heteroatoms. The number of carbonyl (C=O) groups is 1. The van der Waals surface area contributed by atoms with Gasteiger partial charge in [-0.05, 0) is 64.5 Å². The molecule has 1 saturated heterocycles. The molecule has 1 aliphatic heterocycles. The maximum Gasteiger partial charge on any atom is 0.158 e. The molecule has 144 valence electrons. The first-order valence-corrected chi connectivity index (χ1v) is 9.13. The van der Waals surface area contributed by atoms with Crippen molar-refractivity contribution in [3.63, 3.8) is 0 Å². The Morgan fingerprint density at radius 2 is 2.16 bits per heavy atom. The van der Waals surface area contributed by atoms with Gasteiger partial charge in [-0.15, -0.1) is 0 Å². The molecule has 0 spiro atoms. The Bertz CT molecular complexity index is 489. The monoisotopic (exact) mass is 354 g/mol. The minimum absolute atomic E-state index is 0.00257. The maximum absolute atomic E-state index is 12.1. The zero-order valence-electron chi connectivity index (χ0n) is 16.0. The lowest BCUT2D eigenvalue weighted by Crippen LogP contribution is -2.41. The molecular formula is C20H34O5. The summed E-state index contributed by atoms with van der Waals surface area (Å²) in [5, 5.41) is 29.1. The third-order valence-corrected chi connectivity index (χ3v) is 4.86. The zero-order chi connectivity index (χ0) is 19.1. The topological polar surface area (TPSA) is 87.0 Å². The Balaban J connectivity index is 2.51. The third-order valence-electron chi connectivity index (χ3n) is 4.86. The van der Waals surface area contributed by atoms with Gasteiger partial charge in [-0.2, -0.15) is 0 Å². The van der Waals surface area contributed by atoms with Crippen LogP contribution in [0.3, 0.4) is 0 Å². The number of ether oxygens (including phenoxy) is 1. The van der Waals surface area contributed by atoms with Gasteiger partial charge in [-0.3, -0.25) is 4.79 Å². The lowest BCUT2D eigenvalue weighted by Gasteiger charge is -2.33. The third kappa shape index (κ3) is 7.82. The first-order chi connectivity index (χ1) is 11.6. The molecule has 3 atom stereocenters. The summed E-state index contributed by atoms with van der Waals surface area (Å²) in [6.07, 6.45) is 7.66. The average Bonchev–Trinajstić information content (AvgIpc) is 2.66. The number of aliphatic hydroxyl groups excluding tert-OH is 2. The molecule has 0 bridgehead atoms. The van der Waals surface area contributed by atoms with Gasteiger partial charge in [0.1, 0.15) is 0 Å². The van der Waals surface area contributed by atoms with E-state index in [-0.39, 0.29) is 18.3 Å². The van der Waals surface area contributed by atoms with Gasteiger partial charge < -0.3 is 20.1 Å². The van der Waals surface area contributed by atoms with Crippen LogP contribution in [0.4, 0.5) is 0 Å². The van der Waals surface area contributed by atoms with E-state index in [2.05, 4.69) is 0 Å². The van der Waals surface area contributed by atoms with Crippen molar-refractivity contribution in [3.05, 3.63) is 23.8 Å². The lowest BCUT2D eigenvalue weighted by molar-refractivity contribution is -0.118. The van der Waals surface area contributed by atoms with Crippen molar-refractivity contribution in [1.29, 1.82) is 0 Å². The van der Waals surface area contributed by atoms with E-state index in [9.17, 15) is 15.0 Å². The number of allylic oxidation sites excluding steroid dienone is 1. The van der Waals surface area contributed by atoms with E-state index in [0.29, 0.717) is 25.9 Å². The van der Waals surface area contributed by atoms with Crippen LogP contribution in [0.15, 0.2) is 23.8 Å². The molecule has 1 aliphatic rings. The molecule has 0 aromatic heterocycles. The highest BCUT2D eigenvalue weighted by molar-refractivity contribution is 5.91. The average molecular weight is 354 g/mol. The van der Waals surface area contributed by atoms with Crippen molar-refractivity contribution >= 4 is 5.78 Å².